The molecule has 1 aromatic heterocycles. The Morgan fingerprint density at radius 3 is 2.67 bits per heavy atom. The number of aromatic nitrogens is 1. The monoisotopic (exact) mass is 420 g/mol. The third-order valence-corrected chi connectivity index (χ3v) is 5.38. The summed E-state index contributed by atoms with van der Waals surface area (Å²) in [7, 11) is 0. The number of nitrogens with one attached hydrogen (secondary N) is 1. The number of nitrogens with zero attached hydrogens (tertiary/aromatic N) is 1. The number of anilines is 1. The van der Waals surface area contributed by atoms with Crippen LogP contribution in [0.2, 0.25) is 5.02 Å². The zero-order valence-corrected chi connectivity index (χ0v) is 16.4. The largest absolute Gasteiger partial charge is 0.342 e. The average molecular weight is 421 g/mol. The fourth-order valence-corrected chi connectivity index (χ4v) is 4.12. The lowest BCUT2D eigenvalue weighted by Gasteiger charge is -2.06. The molecule has 0 bridgehead atoms. The molecule has 1 aliphatic rings. The van der Waals surface area contributed by atoms with Crippen LogP contribution in [0.3, 0.4) is 0 Å². The van der Waals surface area contributed by atoms with Gasteiger partial charge in [-0.25, -0.2) is 8.78 Å². The van der Waals surface area contributed by atoms with E-state index in [1.54, 1.807) is 18.2 Å². The highest BCUT2D eigenvalue weighted by Crippen LogP contribution is 2.35. The van der Waals surface area contributed by atoms with Crippen molar-refractivity contribution in [1.29, 1.82) is 0 Å². The van der Waals surface area contributed by atoms with Crippen molar-refractivity contribution in [2.24, 2.45) is 0 Å². The summed E-state index contributed by atoms with van der Waals surface area (Å²) >= 11 is 6.00. The van der Waals surface area contributed by atoms with Crippen LogP contribution in [0.4, 0.5) is 14.5 Å². The van der Waals surface area contributed by atoms with Crippen LogP contribution in [0.25, 0.3) is 22.6 Å². The lowest BCUT2D eigenvalue weighted by molar-refractivity contribution is -0.110. The van der Waals surface area contributed by atoms with Crippen LogP contribution in [0.15, 0.2) is 66.9 Å². The molecule has 0 aliphatic carbocycles. The van der Waals surface area contributed by atoms with E-state index in [-0.39, 0.29) is 5.91 Å². The summed E-state index contributed by atoms with van der Waals surface area (Å²) in [6.07, 6.45) is 3.67. The van der Waals surface area contributed by atoms with Crippen LogP contribution in [0.1, 0.15) is 16.7 Å². The second kappa shape index (κ2) is 7.11. The van der Waals surface area contributed by atoms with E-state index in [0.29, 0.717) is 28.4 Å². The summed E-state index contributed by atoms with van der Waals surface area (Å²) in [4.78, 5) is 12.5. The number of amides is 1. The van der Waals surface area contributed by atoms with Gasteiger partial charge in [-0.15, -0.1) is 0 Å². The summed E-state index contributed by atoms with van der Waals surface area (Å²) in [6, 6.07) is 16.4. The molecule has 0 atom stereocenters. The lowest BCUT2D eigenvalue weighted by Crippen LogP contribution is -2.03. The number of para-hydroxylation sites is 1. The van der Waals surface area contributed by atoms with E-state index in [1.807, 2.05) is 35.0 Å². The topological polar surface area (TPSA) is 34.0 Å². The number of hydrogen-bond acceptors (Lipinski definition) is 1. The molecular formula is C24H15ClF2N2O. The van der Waals surface area contributed by atoms with E-state index in [1.165, 1.54) is 24.3 Å². The Morgan fingerprint density at radius 1 is 1.00 bits per heavy atom. The van der Waals surface area contributed by atoms with Crippen molar-refractivity contribution in [1.82, 2.24) is 4.57 Å². The number of halogens is 3. The minimum absolute atomic E-state index is 0.274. The zero-order valence-electron chi connectivity index (χ0n) is 15.6. The first-order valence-electron chi connectivity index (χ1n) is 9.34. The maximum atomic E-state index is 13.8. The van der Waals surface area contributed by atoms with E-state index < -0.39 is 11.6 Å². The Balaban J connectivity index is 1.62. The van der Waals surface area contributed by atoms with Crippen molar-refractivity contribution >= 4 is 45.7 Å². The van der Waals surface area contributed by atoms with Crippen LogP contribution in [-0.2, 0) is 11.3 Å². The highest BCUT2D eigenvalue weighted by atomic mass is 35.5. The third kappa shape index (κ3) is 3.27. The summed E-state index contributed by atoms with van der Waals surface area (Å²) in [6.45, 7) is 0.415. The van der Waals surface area contributed by atoms with Crippen molar-refractivity contribution in [2.45, 2.75) is 6.54 Å². The summed E-state index contributed by atoms with van der Waals surface area (Å²) < 4.78 is 29.5. The molecule has 148 valence electrons. The molecule has 6 heteroatoms. The molecule has 1 N–H and O–H groups in total. The van der Waals surface area contributed by atoms with Gasteiger partial charge < -0.3 is 9.88 Å². The molecule has 1 amide bonds. The molecule has 1 aliphatic heterocycles. The van der Waals surface area contributed by atoms with Crippen molar-refractivity contribution < 1.29 is 13.6 Å². The minimum atomic E-state index is -0.401. The summed E-state index contributed by atoms with van der Waals surface area (Å²) in [5.74, 6) is -1.07. The Hall–Kier alpha value is -3.44. The third-order valence-electron chi connectivity index (χ3n) is 5.16. The highest BCUT2D eigenvalue weighted by molar-refractivity contribution is 6.35. The Labute approximate surface area is 176 Å². The van der Waals surface area contributed by atoms with Gasteiger partial charge in [0.05, 0.1) is 0 Å². The molecule has 3 nitrogen and oxygen atoms in total. The van der Waals surface area contributed by atoms with Crippen LogP contribution in [0, 0.1) is 11.6 Å². The number of fused-ring (bicyclic) bond motifs is 2. The fourth-order valence-electron chi connectivity index (χ4n) is 3.88. The second-order valence-electron chi connectivity index (χ2n) is 7.21. The predicted octanol–water partition coefficient (Wildman–Crippen LogP) is 6.11. The maximum Gasteiger partial charge on any atom is 0.256 e. The van der Waals surface area contributed by atoms with Crippen molar-refractivity contribution in [3.63, 3.8) is 0 Å². The molecule has 30 heavy (non-hydrogen) atoms. The van der Waals surface area contributed by atoms with Gasteiger partial charge in [-0.05, 0) is 54.1 Å². The first-order chi connectivity index (χ1) is 14.5. The van der Waals surface area contributed by atoms with Gasteiger partial charge in [-0.1, -0.05) is 29.8 Å². The molecule has 0 saturated heterocycles. The molecule has 4 aromatic rings. The van der Waals surface area contributed by atoms with Gasteiger partial charge in [0.2, 0.25) is 0 Å². The second-order valence-corrected chi connectivity index (χ2v) is 7.65. The van der Waals surface area contributed by atoms with E-state index in [0.717, 1.165) is 22.0 Å². The van der Waals surface area contributed by atoms with Gasteiger partial charge in [0.1, 0.15) is 11.6 Å². The van der Waals surface area contributed by atoms with Gasteiger partial charge in [-0.2, -0.15) is 0 Å². The van der Waals surface area contributed by atoms with Crippen molar-refractivity contribution in [3.8, 4) is 0 Å². The van der Waals surface area contributed by atoms with E-state index >= 15 is 0 Å². The van der Waals surface area contributed by atoms with Crippen LogP contribution in [0.5, 0.6) is 0 Å². The minimum Gasteiger partial charge on any atom is -0.342 e. The van der Waals surface area contributed by atoms with Crippen LogP contribution >= 0.6 is 11.6 Å². The maximum absolute atomic E-state index is 13.8. The van der Waals surface area contributed by atoms with Gasteiger partial charge in [0.25, 0.3) is 5.91 Å². The number of benzene rings is 3. The summed E-state index contributed by atoms with van der Waals surface area (Å²) in [5.41, 5.74) is 4.00. The van der Waals surface area contributed by atoms with Gasteiger partial charge in [0.15, 0.2) is 0 Å². The number of rotatable bonds is 3. The quantitative estimate of drug-likeness (QED) is 0.398. The molecule has 0 unspecified atom stereocenters. The van der Waals surface area contributed by atoms with Crippen LogP contribution in [-0.4, -0.2) is 10.5 Å². The SMILES string of the molecule is O=C1Nc2ccc(F)cc2C1=Cc1cn(Cc2cc(F)cc(Cl)c2)c2ccccc12. The standard InChI is InChI=1S/C24H15ClF2N2O/c25-16-7-14(8-18(27)10-16)12-29-13-15(19-3-1-2-4-23(19)29)9-21-20-11-17(26)5-6-22(20)28-24(21)30/h1-11,13H,12H2,(H,28,30). The lowest BCUT2D eigenvalue weighted by atomic mass is 10.0. The molecule has 2 heterocycles. The molecule has 0 radical (unpaired) electrons. The predicted molar refractivity (Wildman–Crippen MR) is 115 cm³/mol. The molecular weight excluding hydrogens is 406 g/mol. The normalized spacial score (nSPS) is 14.4. The number of carbonyl (C=O) groups is 1. The Bertz CT molecular complexity index is 1340. The molecule has 0 saturated carbocycles. The van der Waals surface area contributed by atoms with Crippen LogP contribution < -0.4 is 5.32 Å². The summed E-state index contributed by atoms with van der Waals surface area (Å²) in [5, 5.41) is 4.04. The van der Waals surface area contributed by atoms with E-state index in [2.05, 4.69) is 5.32 Å². The first-order valence-corrected chi connectivity index (χ1v) is 9.71. The Kier molecular flexibility index (Phi) is 4.40. The smallest absolute Gasteiger partial charge is 0.256 e. The zero-order chi connectivity index (χ0) is 20.8. The van der Waals surface area contributed by atoms with Gasteiger partial charge in [0, 0.05) is 51.1 Å². The Morgan fingerprint density at radius 2 is 1.83 bits per heavy atom. The number of carbonyl (C=O) groups excluding carboxylic acids is 1. The van der Waals surface area contributed by atoms with E-state index in [9.17, 15) is 13.6 Å². The highest BCUT2D eigenvalue weighted by Gasteiger charge is 2.25. The van der Waals surface area contributed by atoms with E-state index in [4.69, 9.17) is 11.6 Å². The molecule has 0 fully saturated rings. The van der Waals surface area contributed by atoms with Crippen molar-refractivity contribution in [3.05, 3.63) is 100 Å². The van der Waals surface area contributed by atoms with Gasteiger partial charge in [-0.3, -0.25) is 4.79 Å². The molecule has 5 rings (SSSR count). The average Bonchev–Trinajstić information content (AvgIpc) is 3.19. The molecule has 3 aromatic carbocycles. The number of hydrogen-bond donors (Lipinski definition) is 1. The van der Waals surface area contributed by atoms with Crippen molar-refractivity contribution in [2.75, 3.05) is 5.32 Å². The van der Waals surface area contributed by atoms with Gasteiger partial charge >= 0.3 is 0 Å². The fraction of sp³-hybridized carbons (Fsp3) is 0.0417. The first kappa shape index (κ1) is 18.6. The molecule has 0 spiro atoms.